The number of nitrogens with zero attached hydrogens (tertiary/aromatic N) is 1. The highest BCUT2D eigenvalue weighted by Gasteiger charge is 2.55. The Labute approximate surface area is 182 Å². The van der Waals surface area contributed by atoms with Gasteiger partial charge in [0.1, 0.15) is 0 Å². The molecule has 1 aromatic carbocycles. The second-order valence-corrected chi connectivity index (χ2v) is 12.3. The van der Waals surface area contributed by atoms with Gasteiger partial charge >= 0.3 is 0 Å². The van der Waals surface area contributed by atoms with Crippen molar-refractivity contribution in [3.63, 3.8) is 0 Å². The topological polar surface area (TPSA) is 99.1 Å². The van der Waals surface area contributed by atoms with E-state index >= 15 is 0 Å². The van der Waals surface area contributed by atoms with E-state index in [0.717, 1.165) is 12.1 Å². The van der Waals surface area contributed by atoms with Crippen LogP contribution in [-0.2, 0) is 15.9 Å². The van der Waals surface area contributed by atoms with Gasteiger partial charge in [-0.05, 0) is 65.0 Å². The normalized spacial score (nSPS) is 25.8. The number of halogens is 2. The van der Waals surface area contributed by atoms with Crippen LogP contribution in [0, 0.1) is 16.7 Å². The van der Waals surface area contributed by atoms with Gasteiger partial charge in [-0.1, -0.05) is 13.0 Å². The molecule has 2 aliphatic rings. The summed E-state index contributed by atoms with van der Waals surface area (Å²) in [6.45, 7) is 5.86. The van der Waals surface area contributed by atoms with Crippen molar-refractivity contribution in [2.45, 2.75) is 82.4 Å². The number of nitrogens with one attached hydrogen (secondary N) is 2. The number of anilines is 1. The fraction of sp³-hybridized carbons (Fsp3) is 0.636. The van der Waals surface area contributed by atoms with Crippen LogP contribution in [0.25, 0.3) is 0 Å². The van der Waals surface area contributed by atoms with Crippen LogP contribution in [0.2, 0.25) is 0 Å². The Balaban J connectivity index is 1.99. The van der Waals surface area contributed by atoms with E-state index in [1.807, 2.05) is 0 Å². The zero-order valence-corrected chi connectivity index (χ0v) is 19.1. The summed E-state index contributed by atoms with van der Waals surface area (Å²) in [5.74, 6) is -3.76. The first kappa shape index (κ1) is 23.5. The minimum atomic E-state index is -3.87. The number of fused-ring (bicyclic) bond motifs is 2. The third-order valence-electron chi connectivity index (χ3n) is 6.64. The first-order chi connectivity index (χ1) is 14.2. The molecule has 0 saturated heterocycles. The minimum absolute atomic E-state index is 0.0398. The van der Waals surface area contributed by atoms with E-state index in [2.05, 4.69) is 16.1 Å². The lowest BCUT2D eigenvalue weighted by atomic mass is 9.85. The Morgan fingerprint density at radius 1 is 1.19 bits per heavy atom. The number of rotatable bonds is 6. The van der Waals surface area contributed by atoms with Crippen molar-refractivity contribution in [3.05, 3.63) is 29.3 Å². The molecule has 31 heavy (non-hydrogen) atoms. The molecular weight excluding hydrogens is 424 g/mol. The summed E-state index contributed by atoms with van der Waals surface area (Å²) in [7, 11) is -3.87. The standard InChI is InChI=1S/C22H29F2N3O3S/c1-5-22(23,24)15-6-7-17(27-31(29,30)19(2,3)4)16(12-15)18(28)26-21-10-8-20(13-21,14-25)9-11-21/h6-7,12,27H,5,8-11,13H2,1-4H3,(H,26,28). The number of hydrogen-bond donors (Lipinski definition) is 2. The van der Waals surface area contributed by atoms with E-state index in [9.17, 15) is 27.3 Å². The maximum Gasteiger partial charge on any atom is 0.273 e. The Morgan fingerprint density at radius 3 is 2.29 bits per heavy atom. The maximum absolute atomic E-state index is 14.3. The average molecular weight is 454 g/mol. The van der Waals surface area contributed by atoms with Crippen molar-refractivity contribution in [1.29, 1.82) is 5.26 Å². The molecule has 0 unspecified atom stereocenters. The van der Waals surface area contributed by atoms with Crippen molar-refractivity contribution < 1.29 is 22.0 Å². The molecule has 0 radical (unpaired) electrons. The average Bonchev–Trinajstić information content (AvgIpc) is 3.23. The third kappa shape index (κ3) is 4.27. The molecule has 170 valence electrons. The third-order valence-corrected chi connectivity index (χ3v) is 8.74. The molecule has 0 atom stereocenters. The highest BCUT2D eigenvalue weighted by molar-refractivity contribution is 7.94. The summed E-state index contributed by atoms with van der Waals surface area (Å²) in [6.07, 6.45) is 2.72. The number of carbonyl (C=O) groups excluding carboxylic acids is 1. The second-order valence-electron chi connectivity index (χ2n) is 9.84. The molecule has 9 heteroatoms. The molecule has 2 fully saturated rings. The van der Waals surface area contributed by atoms with E-state index < -0.39 is 44.0 Å². The molecule has 2 aliphatic carbocycles. The second kappa shape index (κ2) is 7.44. The van der Waals surface area contributed by atoms with Gasteiger partial charge in [-0.15, -0.1) is 0 Å². The number of nitriles is 1. The summed E-state index contributed by atoms with van der Waals surface area (Å²) in [5.41, 5.74) is -1.53. The summed E-state index contributed by atoms with van der Waals surface area (Å²) in [5, 5.41) is 12.4. The van der Waals surface area contributed by atoms with E-state index in [-0.39, 0.29) is 16.8 Å². The molecule has 2 N–H and O–H groups in total. The first-order valence-electron chi connectivity index (χ1n) is 10.5. The van der Waals surface area contributed by atoms with Crippen LogP contribution in [0.5, 0.6) is 0 Å². The summed E-state index contributed by atoms with van der Waals surface area (Å²) in [6, 6.07) is 5.79. The smallest absolute Gasteiger partial charge is 0.273 e. The molecule has 2 saturated carbocycles. The van der Waals surface area contributed by atoms with Crippen LogP contribution in [-0.4, -0.2) is 24.6 Å². The Kier molecular flexibility index (Phi) is 5.63. The van der Waals surface area contributed by atoms with Crippen molar-refractivity contribution in [2.75, 3.05) is 4.72 Å². The zero-order valence-electron chi connectivity index (χ0n) is 18.3. The van der Waals surface area contributed by atoms with Crippen LogP contribution < -0.4 is 10.0 Å². The fourth-order valence-electron chi connectivity index (χ4n) is 4.39. The van der Waals surface area contributed by atoms with Gasteiger partial charge in [-0.25, -0.2) is 17.2 Å². The quantitative estimate of drug-likeness (QED) is 0.653. The minimum Gasteiger partial charge on any atom is -0.346 e. The lowest BCUT2D eigenvalue weighted by Crippen LogP contribution is -2.45. The maximum atomic E-state index is 14.3. The molecule has 6 nitrogen and oxygen atoms in total. The van der Waals surface area contributed by atoms with Gasteiger partial charge in [0.2, 0.25) is 10.0 Å². The van der Waals surface area contributed by atoms with Gasteiger partial charge in [0.05, 0.1) is 27.5 Å². The van der Waals surface area contributed by atoms with Gasteiger partial charge in [0.25, 0.3) is 11.8 Å². The number of amides is 1. The van der Waals surface area contributed by atoms with Crippen molar-refractivity contribution in [2.24, 2.45) is 5.41 Å². The molecule has 2 bridgehead atoms. The lowest BCUT2D eigenvalue weighted by Gasteiger charge is -2.29. The van der Waals surface area contributed by atoms with E-state index in [0.29, 0.717) is 32.1 Å². The number of hydrogen-bond acceptors (Lipinski definition) is 4. The van der Waals surface area contributed by atoms with Gasteiger partial charge in [-0.2, -0.15) is 5.26 Å². The number of alkyl halides is 2. The Hall–Kier alpha value is -2.21. The van der Waals surface area contributed by atoms with Crippen LogP contribution >= 0.6 is 0 Å². The molecule has 1 aromatic rings. The predicted octanol–water partition coefficient (Wildman–Crippen LogP) is 4.68. The molecule has 0 spiro atoms. The predicted molar refractivity (Wildman–Crippen MR) is 114 cm³/mol. The Morgan fingerprint density at radius 2 is 1.81 bits per heavy atom. The monoisotopic (exact) mass is 453 g/mol. The molecule has 0 heterocycles. The highest BCUT2D eigenvalue weighted by Crippen LogP contribution is 2.56. The molecule has 1 amide bonds. The van der Waals surface area contributed by atoms with E-state index in [1.165, 1.54) is 33.8 Å². The van der Waals surface area contributed by atoms with Crippen LogP contribution in [0.4, 0.5) is 14.5 Å². The summed E-state index contributed by atoms with van der Waals surface area (Å²) >= 11 is 0. The largest absolute Gasteiger partial charge is 0.346 e. The SMILES string of the molecule is CCC(F)(F)c1ccc(NS(=O)(=O)C(C)(C)C)c(C(=O)NC23CCC(C#N)(CC2)C3)c1. The first-order valence-corrected chi connectivity index (χ1v) is 12.0. The number of benzene rings is 1. The highest BCUT2D eigenvalue weighted by atomic mass is 32.2. The van der Waals surface area contributed by atoms with Crippen molar-refractivity contribution in [1.82, 2.24) is 5.32 Å². The van der Waals surface area contributed by atoms with Crippen LogP contribution in [0.1, 0.15) is 82.1 Å². The Bertz CT molecular complexity index is 1030. The van der Waals surface area contributed by atoms with Gasteiger partial charge in [-0.3, -0.25) is 9.52 Å². The number of sulfonamides is 1. The van der Waals surface area contributed by atoms with Gasteiger partial charge < -0.3 is 5.32 Å². The van der Waals surface area contributed by atoms with Crippen LogP contribution in [0.3, 0.4) is 0 Å². The van der Waals surface area contributed by atoms with Crippen molar-refractivity contribution in [3.8, 4) is 6.07 Å². The van der Waals surface area contributed by atoms with E-state index in [4.69, 9.17) is 0 Å². The fourth-order valence-corrected chi connectivity index (χ4v) is 5.16. The molecule has 3 rings (SSSR count). The molecule has 0 aliphatic heterocycles. The van der Waals surface area contributed by atoms with Crippen LogP contribution in [0.15, 0.2) is 18.2 Å². The van der Waals surface area contributed by atoms with Gasteiger partial charge in [0.15, 0.2) is 0 Å². The summed E-state index contributed by atoms with van der Waals surface area (Å²) in [4.78, 5) is 13.2. The van der Waals surface area contributed by atoms with Crippen molar-refractivity contribution >= 4 is 21.6 Å². The molecular formula is C22H29F2N3O3S. The molecule has 0 aromatic heterocycles. The lowest BCUT2D eigenvalue weighted by molar-refractivity contribution is -0.00830. The number of carbonyl (C=O) groups is 1. The summed E-state index contributed by atoms with van der Waals surface area (Å²) < 4.78 is 55.2. The zero-order chi connectivity index (χ0) is 23.3. The van der Waals surface area contributed by atoms with Gasteiger partial charge in [0, 0.05) is 17.5 Å². The van der Waals surface area contributed by atoms with E-state index in [1.54, 1.807) is 0 Å².